The maximum Gasteiger partial charge on any atom is 0.337 e. The Bertz CT molecular complexity index is 564. The maximum atomic E-state index is 12.1. The number of carbonyl (C=O) groups excluding carboxylic acids is 1. The molecule has 0 radical (unpaired) electrons. The SMILES string of the molecule is COC(=O)c1ccc(NS(=O)(=O)N2CCOCC2)cc1. The van der Waals surface area contributed by atoms with Crippen LogP contribution in [0.4, 0.5) is 5.69 Å². The lowest BCUT2D eigenvalue weighted by atomic mass is 10.2. The van der Waals surface area contributed by atoms with Gasteiger partial charge in [0.15, 0.2) is 0 Å². The van der Waals surface area contributed by atoms with Crippen LogP contribution >= 0.6 is 0 Å². The Hall–Kier alpha value is -1.64. The first kappa shape index (κ1) is 14.8. The molecule has 0 bridgehead atoms. The quantitative estimate of drug-likeness (QED) is 0.817. The Labute approximate surface area is 117 Å². The van der Waals surface area contributed by atoms with Crippen LogP contribution in [-0.2, 0) is 19.7 Å². The molecule has 2 rings (SSSR count). The zero-order valence-electron chi connectivity index (χ0n) is 11.0. The summed E-state index contributed by atoms with van der Waals surface area (Å²) in [7, 11) is -2.30. The lowest BCUT2D eigenvalue weighted by Crippen LogP contribution is -2.43. The van der Waals surface area contributed by atoms with E-state index in [1.54, 1.807) is 0 Å². The lowest BCUT2D eigenvalue weighted by molar-refractivity contribution is 0.0601. The van der Waals surface area contributed by atoms with Crippen molar-refractivity contribution in [3.63, 3.8) is 0 Å². The van der Waals surface area contributed by atoms with Gasteiger partial charge in [0, 0.05) is 18.8 Å². The van der Waals surface area contributed by atoms with Crippen molar-refractivity contribution in [3.8, 4) is 0 Å². The van der Waals surface area contributed by atoms with Crippen molar-refractivity contribution in [1.82, 2.24) is 4.31 Å². The summed E-state index contributed by atoms with van der Waals surface area (Å²) in [5.41, 5.74) is 0.756. The van der Waals surface area contributed by atoms with Gasteiger partial charge in [-0.3, -0.25) is 4.72 Å². The van der Waals surface area contributed by atoms with Crippen LogP contribution in [0.1, 0.15) is 10.4 Å². The van der Waals surface area contributed by atoms with Crippen LogP contribution in [0, 0.1) is 0 Å². The van der Waals surface area contributed by atoms with Crippen molar-refractivity contribution < 1.29 is 22.7 Å². The molecule has 0 spiro atoms. The van der Waals surface area contributed by atoms with E-state index in [0.29, 0.717) is 37.6 Å². The molecule has 8 heteroatoms. The third-order valence-corrected chi connectivity index (χ3v) is 4.40. The number of nitrogens with zero attached hydrogens (tertiary/aromatic N) is 1. The van der Waals surface area contributed by atoms with Gasteiger partial charge in [0.05, 0.1) is 25.9 Å². The Kier molecular flexibility index (Phi) is 4.58. The summed E-state index contributed by atoms with van der Waals surface area (Å²) in [6.45, 7) is 1.44. The summed E-state index contributed by atoms with van der Waals surface area (Å²) in [6.07, 6.45) is 0. The molecular formula is C12H16N2O5S. The van der Waals surface area contributed by atoms with Gasteiger partial charge in [-0.2, -0.15) is 12.7 Å². The number of benzene rings is 1. The molecule has 1 fully saturated rings. The topological polar surface area (TPSA) is 84.9 Å². The molecule has 7 nitrogen and oxygen atoms in total. The van der Waals surface area contributed by atoms with E-state index in [-0.39, 0.29) is 0 Å². The van der Waals surface area contributed by atoms with Crippen LogP contribution in [0.25, 0.3) is 0 Å². The zero-order valence-corrected chi connectivity index (χ0v) is 11.9. The summed E-state index contributed by atoms with van der Waals surface area (Å²) >= 11 is 0. The molecule has 20 heavy (non-hydrogen) atoms. The van der Waals surface area contributed by atoms with E-state index in [2.05, 4.69) is 9.46 Å². The highest BCUT2D eigenvalue weighted by molar-refractivity contribution is 7.90. The largest absolute Gasteiger partial charge is 0.465 e. The predicted octanol–water partition coefficient (Wildman–Crippen LogP) is 0.462. The van der Waals surface area contributed by atoms with Crippen molar-refractivity contribution in [2.45, 2.75) is 0 Å². The molecule has 1 heterocycles. The van der Waals surface area contributed by atoms with E-state index >= 15 is 0 Å². The third-order valence-electron chi connectivity index (χ3n) is 2.86. The zero-order chi connectivity index (χ0) is 14.6. The van der Waals surface area contributed by atoms with E-state index in [1.807, 2.05) is 0 Å². The fourth-order valence-corrected chi connectivity index (χ4v) is 2.99. The van der Waals surface area contributed by atoms with E-state index < -0.39 is 16.2 Å². The minimum Gasteiger partial charge on any atom is -0.465 e. The number of carbonyl (C=O) groups is 1. The van der Waals surface area contributed by atoms with Crippen LogP contribution in [0.5, 0.6) is 0 Å². The van der Waals surface area contributed by atoms with Gasteiger partial charge >= 0.3 is 16.2 Å². The Morgan fingerprint density at radius 2 is 1.85 bits per heavy atom. The minimum absolute atomic E-state index is 0.329. The summed E-state index contributed by atoms with van der Waals surface area (Å²) in [5, 5.41) is 0. The van der Waals surface area contributed by atoms with Crippen molar-refractivity contribution in [3.05, 3.63) is 29.8 Å². The van der Waals surface area contributed by atoms with Gasteiger partial charge in [0.2, 0.25) is 0 Å². The monoisotopic (exact) mass is 300 g/mol. The fraction of sp³-hybridized carbons (Fsp3) is 0.417. The maximum absolute atomic E-state index is 12.1. The lowest BCUT2D eigenvalue weighted by Gasteiger charge is -2.26. The van der Waals surface area contributed by atoms with Gasteiger partial charge in [-0.25, -0.2) is 4.79 Å². The Morgan fingerprint density at radius 3 is 2.40 bits per heavy atom. The Balaban J connectivity index is 2.07. The first-order chi connectivity index (χ1) is 9.53. The van der Waals surface area contributed by atoms with Gasteiger partial charge in [-0.1, -0.05) is 0 Å². The van der Waals surface area contributed by atoms with Gasteiger partial charge < -0.3 is 9.47 Å². The number of rotatable bonds is 4. The molecule has 0 aliphatic carbocycles. The normalized spacial score (nSPS) is 16.6. The molecule has 1 aromatic carbocycles. The molecule has 1 N–H and O–H groups in total. The average Bonchev–Trinajstić information content (AvgIpc) is 2.48. The first-order valence-electron chi connectivity index (χ1n) is 6.07. The molecule has 0 amide bonds. The number of anilines is 1. The summed E-state index contributed by atoms with van der Waals surface area (Å²) < 4.78 is 37.7. The third kappa shape index (κ3) is 3.47. The van der Waals surface area contributed by atoms with E-state index in [0.717, 1.165) is 0 Å². The molecule has 0 unspecified atom stereocenters. The van der Waals surface area contributed by atoms with Crippen molar-refractivity contribution >= 4 is 21.9 Å². The molecule has 0 aromatic heterocycles. The highest BCUT2D eigenvalue weighted by Crippen LogP contribution is 2.14. The van der Waals surface area contributed by atoms with Crippen molar-refractivity contribution in [2.75, 3.05) is 38.1 Å². The smallest absolute Gasteiger partial charge is 0.337 e. The molecule has 1 aliphatic rings. The number of hydrogen-bond donors (Lipinski definition) is 1. The van der Waals surface area contributed by atoms with E-state index in [9.17, 15) is 13.2 Å². The van der Waals surface area contributed by atoms with Gasteiger partial charge in [-0.05, 0) is 24.3 Å². The second-order valence-electron chi connectivity index (χ2n) is 4.19. The Morgan fingerprint density at radius 1 is 1.25 bits per heavy atom. The second kappa shape index (κ2) is 6.21. The predicted molar refractivity (Wildman–Crippen MR) is 72.7 cm³/mol. The number of morpholine rings is 1. The highest BCUT2D eigenvalue weighted by Gasteiger charge is 2.24. The molecule has 0 saturated carbocycles. The molecule has 0 atom stereocenters. The average molecular weight is 300 g/mol. The van der Waals surface area contributed by atoms with Crippen molar-refractivity contribution in [1.29, 1.82) is 0 Å². The van der Waals surface area contributed by atoms with Gasteiger partial charge in [-0.15, -0.1) is 0 Å². The second-order valence-corrected chi connectivity index (χ2v) is 5.86. The minimum atomic E-state index is -3.59. The molecule has 1 aromatic rings. The molecule has 110 valence electrons. The number of hydrogen-bond acceptors (Lipinski definition) is 5. The van der Waals surface area contributed by atoms with E-state index in [4.69, 9.17) is 4.74 Å². The van der Waals surface area contributed by atoms with Gasteiger partial charge in [0.25, 0.3) is 0 Å². The number of methoxy groups -OCH3 is 1. The van der Waals surface area contributed by atoms with Crippen LogP contribution in [0.3, 0.4) is 0 Å². The molecule has 1 aliphatic heterocycles. The van der Waals surface area contributed by atoms with Crippen LogP contribution in [-0.4, -0.2) is 52.1 Å². The summed E-state index contributed by atoms with van der Waals surface area (Å²) in [4.78, 5) is 11.3. The summed E-state index contributed by atoms with van der Waals surface area (Å²) in [6, 6.07) is 6.04. The molecular weight excluding hydrogens is 284 g/mol. The number of nitrogens with one attached hydrogen (secondary N) is 1. The number of esters is 1. The highest BCUT2D eigenvalue weighted by atomic mass is 32.2. The van der Waals surface area contributed by atoms with Crippen molar-refractivity contribution in [2.24, 2.45) is 0 Å². The number of ether oxygens (including phenoxy) is 2. The molecule has 1 saturated heterocycles. The standard InChI is InChI=1S/C12H16N2O5S/c1-18-12(15)10-2-4-11(5-3-10)13-20(16,17)14-6-8-19-9-7-14/h2-5,13H,6-9H2,1H3. The van der Waals surface area contributed by atoms with Crippen LogP contribution in [0.2, 0.25) is 0 Å². The first-order valence-corrected chi connectivity index (χ1v) is 7.51. The van der Waals surface area contributed by atoms with Gasteiger partial charge in [0.1, 0.15) is 0 Å². The summed E-state index contributed by atoms with van der Waals surface area (Å²) in [5.74, 6) is -0.465. The van der Waals surface area contributed by atoms with E-state index in [1.165, 1.54) is 35.7 Å². The fourth-order valence-electron chi connectivity index (χ4n) is 1.79. The van der Waals surface area contributed by atoms with Crippen LogP contribution in [0.15, 0.2) is 24.3 Å². The van der Waals surface area contributed by atoms with Crippen LogP contribution < -0.4 is 4.72 Å².